The number of amides is 1. The summed E-state index contributed by atoms with van der Waals surface area (Å²) in [5, 5.41) is 21.7. The summed E-state index contributed by atoms with van der Waals surface area (Å²) in [6.07, 6.45) is 0. The summed E-state index contributed by atoms with van der Waals surface area (Å²) in [6, 6.07) is 26.0. The lowest BCUT2D eigenvalue weighted by atomic mass is 10.0. The number of nitrogens with one attached hydrogen (secondary N) is 3. The highest BCUT2D eigenvalue weighted by Gasteiger charge is 2.20. The van der Waals surface area contributed by atoms with Gasteiger partial charge < -0.3 is 16.0 Å². The van der Waals surface area contributed by atoms with Crippen molar-refractivity contribution in [3.8, 4) is 17.2 Å². The monoisotopic (exact) mass is 542 g/mol. The topological polar surface area (TPSA) is 76.9 Å². The van der Waals surface area contributed by atoms with Crippen LogP contribution in [0.1, 0.15) is 23.6 Å². The fourth-order valence-corrected chi connectivity index (χ4v) is 5.64. The Morgan fingerprint density at radius 3 is 2.27 bits per heavy atom. The third-order valence-electron chi connectivity index (χ3n) is 5.59. The number of nitriles is 1. The van der Waals surface area contributed by atoms with Crippen LogP contribution in [0.15, 0.2) is 83.1 Å². The molecule has 0 aliphatic carbocycles. The van der Waals surface area contributed by atoms with Crippen molar-refractivity contribution in [2.45, 2.75) is 30.9 Å². The number of hydrogen-bond acceptors (Lipinski definition) is 5. The molecule has 3 aromatic carbocycles. The van der Waals surface area contributed by atoms with E-state index >= 15 is 0 Å². The minimum absolute atomic E-state index is 0.159. The van der Waals surface area contributed by atoms with Gasteiger partial charge in [-0.05, 0) is 68.9 Å². The molecule has 1 heterocycles. The van der Waals surface area contributed by atoms with Gasteiger partial charge in [-0.1, -0.05) is 53.6 Å². The number of carbonyl (C=O) groups excluding carboxylic acids is 1. The molecule has 5 nitrogen and oxygen atoms in total. The largest absolute Gasteiger partial charge is 0.332 e. The van der Waals surface area contributed by atoms with Gasteiger partial charge in [-0.15, -0.1) is 23.1 Å². The minimum atomic E-state index is -0.371. The number of hydrogen-bond donors (Lipinski definition) is 3. The Morgan fingerprint density at radius 1 is 0.946 bits per heavy atom. The summed E-state index contributed by atoms with van der Waals surface area (Å²) in [7, 11) is 0. The van der Waals surface area contributed by atoms with E-state index in [0.717, 1.165) is 33.0 Å². The minimum Gasteiger partial charge on any atom is -0.332 e. The number of anilines is 3. The molecule has 0 spiro atoms. The Bertz CT molecular complexity index is 1450. The number of nitrogens with zero attached hydrogens (tertiary/aromatic N) is 1. The molecule has 1 amide bonds. The predicted molar refractivity (Wildman–Crippen MR) is 161 cm³/mol. The molecular formula is C29H26N4OS3. The number of thiophene rings is 1. The quantitative estimate of drug-likeness (QED) is 0.163. The number of thioether (sulfide) groups is 1. The number of aryl methyl sites for hydroxylation is 2. The Kier molecular flexibility index (Phi) is 8.62. The van der Waals surface area contributed by atoms with Crippen molar-refractivity contribution < 1.29 is 4.79 Å². The lowest BCUT2D eigenvalue weighted by Crippen LogP contribution is -2.22. The van der Waals surface area contributed by atoms with E-state index < -0.39 is 0 Å². The summed E-state index contributed by atoms with van der Waals surface area (Å²) in [5.74, 6) is -0.159. The molecule has 0 bridgehead atoms. The van der Waals surface area contributed by atoms with E-state index in [4.69, 9.17) is 12.2 Å². The standard InChI is InChI=1S/C29H26N4OS3/c1-18-7-11-21(12-8-18)26-17-36-28(25(26)16-30)33-27(34)20(3)37-24-6-4-5-23(15-24)32-29(35)31-22-13-9-19(2)10-14-22/h4-15,17,20H,1-3H3,(H,33,34)(H2,31,32,35). The zero-order valence-corrected chi connectivity index (χ0v) is 23.1. The molecule has 1 atom stereocenters. The molecular weight excluding hydrogens is 517 g/mol. The third-order valence-corrected chi connectivity index (χ3v) is 7.78. The summed E-state index contributed by atoms with van der Waals surface area (Å²) in [5.41, 5.74) is 6.35. The lowest BCUT2D eigenvalue weighted by molar-refractivity contribution is -0.115. The average molecular weight is 543 g/mol. The molecule has 3 N–H and O–H groups in total. The van der Waals surface area contributed by atoms with Crippen molar-refractivity contribution in [3.05, 3.63) is 94.9 Å². The summed E-state index contributed by atoms with van der Waals surface area (Å²) >= 11 is 8.25. The van der Waals surface area contributed by atoms with Crippen LogP contribution in [-0.4, -0.2) is 16.3 Å². The van der Waals surface area contributed by atoms with E-state index in [1.165, 1.54) is 28.7 Å². The molecule has 0 saturated carbocycles. The van der Waals surface area contributed by atoms with Crippen LogP contribution in [0.5, 0.6) is 0 Å². The van der Waals surface area contributed by atoms with Crippen molar-refractivity contribution in [1.82, 2.24) is 0 Å². The van der Waals surface area contributed by atoms with Gasteiger partial charge in [0.05, 0.1) is 10.8 Å². The Labute approximate surface area is 230 Å². The number of rotatable bonds is 7. The lowest BCUT2D eigenvalue weighted by Gasteiger charge is -2.14. The summed E-state index contributed by atoms with van der Waals surface area (Å²) in [4.78, 5) is 13.9. The van der Waals surface area contributed by atoms with Crippen LogP contribution >= 0.6 is 35.3 Å². The van der Waals surface area contributed by atoms with Crippen molar-refractivity contribution in [2.75, 3.05) is 16.0 Å². The second-order valence-corrected chi connectivity index (χ2v) is 11.3. The van der Waals surface area contributed by atoms with Crippen LogP contribution in [0, 0.1) is 25.2 Å². The number of thiocarbonyl (C=S) groups is 1. The molecule has 37 heavy (non-hydrogen) atoms. The van der Waals surface area contributed by atoms with Gasteiger partial charge in [0.25, 0.3) is 0 Å². The molecule has 0 aliphatic rings. The fraction of sp³-hybridized carbons (Fsp3) is 0.138. The zero-order chi connectivity index (χ0) is 26.4. The van der Waals surface area contributed by atoms with E-state index in [1.54, 1.807) is 0 Å². The van der Waals surface area contributed by atoms with Crippen LogP contribution in [-0.2, 0) is 4.79 Å². The molecule has 0 aliphatic heterocycles. The second-order valence-electron chi connectivity index (χ2n) is 8.55. The van der Waals surface area contributed by atoms with Crippen LogP contribution < -0.4 is 16.0 Å². The molecule has 0 radical (unpaired) electrons. The van der Waals surface area contributed by atoms with Crippen molar-refractivity contribution >= 4 is 62.7 Å². The molecule has 4 rings (SSSR count). The van der Waals surface area contributed by atoms with Gasteiger partial charge in [-0.3, -0.25) is 4.79 Å². The highest BCUT2D eigenvalue weighted by molar-refractivity contribution is 8.00. The SMILES string of the molecule is Cc1ccc(NC(=S)Nc2cccc(SC(C)C(=O)Nc3scc(-c4ccc(C)cc4)c3C#N)c2)cc1. The highest BCUT2D eigenvalue weighted by atomic mass is 32.2. The van der Waals surface area contributed by atoms with E-state index in [2.05, 4.69) is 22.0 Å². The first-order chi connectivity index (χ1) is 17.8. The maximum absolute atomic E-state index is 13.0. The van der Waals surface area contributed by atoms with Gasteiger partial charge in [0.15, 0.2) is 5.11 Å². The fourth-order valence-electron chi connectivity index (χ4n) is 3.56. The van der Waals surface area contributed by atoms with E-state index in [1.807, 2.05) is 98.9 Å². The second kappa shape index (κ2) is 12.1. The van der Waals surface area contributed by atoms with Crippen molar-refractivity contribution in [1.29, 1.82) is 5.26 Å². The first-order valence-corrected chi connectivity index (χ1v) is 13.8. The van der Waals surface area contributed by atoms with Crippen LogP contribution in [0.25, 0.3) is 11.1 Å². The first kappa shape index (κ1) is 26.4. The first-order valence-electron chi connectivity index (χ1n) is 11.6. The summed E-state index contributed by atoms with van der Waals surface area (Å²) in [6.45, 7) is 5.91. The predicted octanol–water partition coefficient (Wildman–Crippen LogP) is 7.83. The highest BCUT2D eigenvalue weighted by Crippen LogP contribution is 2.36. The zero-order valence-electron chi connectivity index (χ0n) is 20.7. The maximum Gasteiger partial charge on any atom is 0.238 e. The van der Waals surface area contributed by atoms with Crippen molar-refractivity contribution in [2.24, 2.45) is 0 Å². The van der Waals surface area contributed by atoms with Gasteiger partial charge in [0, 0.05) is 27.2 Å². The van der Waals surface area contributed by atoms with Crippen LogP contribution in [0.3, 0.4) is 0 Å². The number of carbonyl (C=O) groups is 1. The number of benzene rings is 3. The van der Waals surface area contributed by atoms with E-state index in [9.17, 15) is 10.1 Å². The molecule has 1 unspecified atom stereocenters. The molecule has 186 valence electrons. The molecule has 0 saturated heterocycles. The molecule has 1 aromatic heterocycles. The van der Waals surface area contributed by atoms with Gasteiger partial charge in [0.2, 0.25) is 5.91 Å². The van der Waals surface area contributed by atoms with E-state index in [0.29, 0.717) is 15.7 Å². The Balaban J connectivity index is 1.38. The Morgan fingerprint density at radius 2 is 1.59 bits per heavy atom. The van der Waals surface area contributed by atoms with Crippen molar-refractivity contribution in [3.63, 3.8) is 0 Å². The van der Waals surface area contributed by atoms with Crippen LogP contribution in [0.4, 0.5) is 16.4 Å². The van der Waals surface area contributed by atoms with E-state index in [-0.39, 0.29) is 11.2 Å². The van der Waals surface area contributed by atoms with Gasteiger partial charge in [0.1, 0.15) is 11.1 Å². The molecule has 4 aromatic rings. The molecule has 0 fully saturated rings. The van der Waals surface area contributed by atoms with Gasteiger partial charge in [-0.25, -0.2) is 0 Å². The average Bonchev–Trinajstić information content (AvgIpc) is 3.28. The van der Waals surface area contributed by atoms with Gasteiger partial charge >= 0.3 is 0 Å². The third kappa shape index (κ3) is 6.98. The Hall–Kier alpha value is -3.64. The maximum atomic E-state index is 13.0. The smallest absolute Gasteiger partial charge is 0.238 e. The van der Waals surface area contributed by atoms with Gasteiger partial charge in [-0.2, -0.15) is 5.26 Å². The summed E-state index contributed by atoms with van der Waals surface area (Å²) < 4.78 is 0. The normalized spacial score (nSPS) is 11.3. The molecule has 8 heteroatoms. The van der Waals surface area contributed by atoms with Crippen LogP contribution in [0.2, 0.25) is 0 Å².